The first kappa shape index (κ1) is 18.7. The second-order valence-electron chi connectivity index (χ2n) is 7.86. The number of aromatic nitrogens is 2. The number of hydrogen-bond donors (Lipinski definition) is 2. The molecule has 0 fully saturated rings. The molecule has 0 bridgehead atoms. The summed E-state index contributed by atoms with van der Waals surface area (Å²) >= 11 is 0. The Bertz CT molecular complexity index is 1150. The van der Waals surface area contributed by atoms with Gasteiger partial charge in [-0.05, 0) is 36.4 Å². The molecule has 0 radical (unpaired) electrons. The Morgan fingerprint density at radius 1 is 0.966 bits per heavy atom. The average Bonchev–Trinajstić information content (AvgIpc) is 3.18. The van der Waals surface area contributed by atoms with Crippen LogP contribution in [-0.4, -0.2) is 16.0 Å². The van der Waals surface area contributed by atoms with Crippen LogP contribution in [0, 0.1) is 0 Å². The van der Waals surface area contributed by atoms with Crippen molar-refractivity contribution in [2.45, 2.75) is 26.2 Å². The lowest BCUT2D eigenvalue weighted by molar-refractivity contribution is 0.102. The number of anilines is 3. The summed E-state index contributed by atoms with van der Waals surface area (Å²) in [5.41, 5.74) is 2.68. The summed E-state index contributed by atoms with van der Waals surface area (Å²) in [6.45, 7) is 6.21. The monoisotopic (exact) mass is 386 g/mol. The summed E-state index contributed by atoms with van der Waals surface area (Å²) in [7, 11) is 0. The molecule has 2 heterocycles. The Labute approximate surface area is 168 Å². The first-order valence-electron chi connectivity index (χ1n) is 9.39. The zero-order valence-corrected chi connectivity index (χ0v) is 16.6. The molecule has 4 aromatic rings. The second kappa shape index (κ2) is 7.39. The van der Waals surface area contributed by atoms with Gasteiger partial charge in [0.25, 0.3) is 5.91 Å². The van der Waals surface area contributed by atoms with E-state index in [1.54, 1.807) is 12.3 Å². The maximum Gasteiger partial charge on any atom is 0.257 e. The van der Waals surface area contributed by atoms with Crippen LogP contribution in [0.2, 0.25) is 0 Å². The molecule has 1 amide bonds. The summed E-state index contributed by atoms with van der Waals surface area (Å²) in [5, 5.41) is 11.1. The maximum atomic E-state index is 12.7. The highest BCUT2D eigenvalue weighted by atomic mass is 16.5. The van der Waals surface area contributed by atoms with Crippen molar-refractivity contribution >= 4 is 34.0 Å². The molecule has 0 saturated carbocycles. The predicted molar refractivity (Wildman–Crippen MR) is 115 cm³/mol. The van der Waals surface area contributed by atoms with Gasteiger partial charge in [0.2, 0.25) is 0 Å². The van der Waals surface area contributed by atoms with Crippen LogP contribution in [0.25, 0.3) is 10.9 Å². The van der Waals surface area contributed by atoms with E-state index < -0.39 is 0 Å². The molecule has 6 heteroatoms. The Balaban J connectivity index is 1.47. The minimum atomic E-state index is -0.193. The fourth-order valence-electron chi connectivity index (χ4n) is 2.96. The van der Waals surface area contributed by atoms with E-state index >= 15 is 0 Å². The third-order valence-electron chi connectivity index (χ3n) is 4.54. The number of benzene rings is 2. The fraction of sp³-hybridized carbons (Fsp3) is 0.174. The number of carbonyl (C=O) groups is 1. The Morgan fingerprint density at radius 3 is 2.41 bits per heavy atom. The number of carbonyl (C=O) groups excluding carboxylic acids is 1. The Hall–Kier alpha value is -3.67. The van der Waals surface area contributed by atoms with Crippen molar-refractivity contribution < 1.29 is 9.32 Å². The molecule has 2 aromatic carbocycles. The van der Waals surface area contributed by atoms with Crippen LogP contribution in [0.1, 0.15) is 36.9 Å². The summed E-state index contributed by atoms with van der Waals surface area (Å²) in [5.74, 6) is 1.27. The van der Waals surface area contributed by atoms with Crippen LogP contribution in [0.5, 0.6) is 0 Å². The number of fused-ring (bicyclic) bond motifs is 1. The molecule has 0 saturated heterocycles. The van der Waals surface area contributed by atoms with Crippen LogP contribution in [0.4, 0.5) is 17.2 Å². The van der Waals surface area contributed by atoms with Crippen molar-refractivity contribution in [3.63, 3.8) is 0 Å². The van der Waals surface area contributed by atoms with E-state index in [1.165, 1.54) is 0 Å². The van der Waals surface area contributed by atoms with E-state index in [0.717, 1.165) is 16.8 Å². The van der Waals surface area contributed by atoms with Gasteiger partial charge in [0.1, 0.15) is 5.76 Å². The normalized spacial score (nSPS) is 11.4. The van der Waals surface area contributed by atoms with Crippen molar-refractivity contribution in [3.8, 4) is 0 Å². The number of para-hydroxylation sites is 1. The number of nitrogens with one attached hydrogen (secondary N) is 2. The first-order chi connectivity index (χ1) is 13.9. The Morgan fingerprint density at radius 2 is 1.69 bits per heavy atom. The van der Waals surface area contributed by atoms with Crippen LogP contribution in [0.3, 0.4) is 0 Å². The number of hydrogen-bond acceptors (Lipinski definition) is 5. The van der Waals surface area contributed by atoms with Gasteiger partial charge in [-0.1, -0.05) is 44.1 Å². The first-order valence-corrected chi connectivity index (χ1v) is 9.39. The van der Waals surface area contributed by atoms with Crippen molar-refractivity contribution in [2.75, 3.05) is 10.6 Å². The second-order valence-corrected chi connectivity index (χ2v) is 7.86. The summed E-state index contributed by atoms with van der Waals surface area (Å²) in [4.78, 5) is 17.0. The van der Waals surface area contributed by atoms with E-state index in [9.17, 15) is 4.79 Å². The van der Waals surface area contributed by atoms with Gasteiger partial charge in [0.15, 0.2) is 5.82 Å². The van der Waals surface area contributed by atoms with Crippen molar-refractivity contribution in [3.05, 3.63) is 78.2 Å². The maximum absolute atomic E-state index is 12.7. The van der Waals surface area contributed by atoms with Crippen molar-refractivity contribution in [1.82, 2.24) is 10.1 Å². The molecule has 0 aliphatic heterocycles. The van der Waals surface area contributed by atoms with Gasteiger partial charge >= 0.3 is 0 Å². The molecule has 0 spiro atoms. The van der Waals surface area contributed by atoms with Crippen LogP contribution >= 0.6 is 0 Å². The van der Waals surface area contributed by atoms with Crippen LogP contribution in [0.15, 0.2) is 71.4 Å². The molecule has 29 heavy (non-hydrogen) atoms. The minimum absolute atomic E-state index is 0.0997. The topological polar surface area (TPSA) is 80.0 Å². The minimum Gasteiger partial charge on any atom is -0.359 e. The lowest BCUT2D eigenvalue weighted by Crippen LogP contribution is -2.12. The lowest BCUT2D eigenvalue weighted by Gasteiger charge is -2.12. The largest absolute Gasteiger partial charge is 0.359 e. The highest BCUT2D eigenvalue weighted by molar-refractivity contribution is 6.11. The number of nitrogens with zero attached hydrogens (tertiary/aromatic N) is 2. The molecule has 0 atom stereocenters. The molecular weight excluding hydrogens is 364 g/mol. The molecule has 6 nitrogen and oxygen atoms in total. The lowest BCUT2D eigenvalue weighted by atomic mass is 9.93. The molecular formula is C23H22N4O2. The van der Waals surface area contributed by atoms with E-state index in [2.05, 4.69) is 41.5 Å². The molecule has 0 unspecified atom stereocenters. The summed E-state index contributed by atoms with van der Waals surface area (Å²) in [6.07, 6.45) is 1.69. The number of amides is 1. The van der Waals surface area contributed by atoms with E-state index in [1.807, 2.05) is 54.6 Å². The van der Waals surface area contributed by atoms with E-state index in [-0.39, 0.29) is 11.3 Å². The zero-order chi connectivity index (χ0) is 20.4. The van der Waals surface area contributed by atoms with Crippen LogP contribution in [-0.2, 0) is 5.41 Å². The zero-order valence-electron chi connectivity index (χ0n) is 16.6. The molecule has 0 aliphatic rings. The third-order valence-corrected chi connectivity index (χ3v) is 4.54. The van der Waals surface area contributed by atoms with Gasteiger partial charge < -0.3 is 15.2 Å². The highest BCUT2D eigenvalue weighted by Crippen LogP contribution is 2.26. The quantitative estimate of drug-likeness (QED) is 0.483. The summed E-state index contributed by atoms with van der Waals surface area (Å²) < 4.78 is 5.39. The van der Waals surface area contributed by atoms with Gasteiger partial charge in [0.05, 0.1) is 11.1 Å². The van der Waals surface area contributed by atoms with Gasteiger partial charge in [0, 0.05) is 34.4 Å². The smallest absolute Gasteiger partial charge is 0.257 e. The van der Waals surface area contributed by atoms with E-state index in [0.29, 0.717) is 22.6 Å². The molecule has 0 aliphatic carbocycles. The highest BCUT2D eigenvalue weighted by Gasteiger charge is 2.19. The molecule has 4 rings (SSSR count). The molecule has 2 aromatic heterocycles. The SMILES string of the molecule is CC(C)(C)c1cc(Nc2ccc(NC(=O)c3cccc4cccnc34)cc2)no1. The number of pyridine rings is 1. The third kappa shape index (κ3) is 4.11. The van der Waals surface area contributed by atoms with E-state index in [4.69, 9.17) is 4.52 Å². The van der Waals surface area contributed by atoms with Crippen LogP contribution < -0.4 is 10.6 Å². The van der Waals surface area contributed by atoms with Gasteiger partial charge in [-0.3, -0.25) is 9.78 Å². The fourth-order valence-corrected chi connectivity index (χ4v) is 2.96. The van der Waals surface area contributed by atoms with Gasteiger partial charge in [-0.15, -0.1) is 0 Å². The standard InChI is InChI=1S/C23H22N4O2/c1-23(2,3)19-14-20(27-29-19)25-16-9-11-17(12-10-16)26-22(28)18-8-4-6-15-7-5-13-24-21(15)18/h4-14H,1-3H3,(H,25,27)(H,26,28). The van der Waals surface area contributed by atoms with Gasteiger partial charge in [-0.2, -0.15) is 0 Å². The summed E-state index contributed by atoms with van der Waals surface area (Å²) in [6, 6.07) is 18.7. The van der Waals surface area contributed by atoms with Crippen molar-refractivity contribution in [2.24, 2.45) is 0 Å². The predicted octanol–water partition coefficient (Wildman–Crippen LogP) is 5.52. The molecule has 2 N–H and O–H groups in total. The van der Waals surface area contributed by atoms with Gasteiger partial charge in [-0.25, -0.2) is 0 Å². The Kier molecular flexibility index (Phi) is 4.76. The molecule has 146 valence electrons. The number of rotatable bonds is 4. The average molecular weight is 386 g/mol. The van der Waals surface area contributed by atoms with Crippen molar-refractivity contribution in [1.29, 1.82) is 0 Å².